The van der Waals surface area contributed by atoms with E-state index >= 15 is 0 Å². The van der Waals surface area contributed by atoms with E-state index in [9.17, 15) is 0 Å². The van der Waals surface area contributed by atoms with Gasteiger partial charge in [0.2, 0.25) is 0 Å². The van der Waals surface area contributed by atoms with Gasteiger partial charge in [0, 0.05) is 11.9 Å². The van der Waals surface area contributed by atoms with Crippen molar-refractivity contribution >= 4 is 23.0 Å². The Kier molecular flexibility index (Phi) is 5.05. The molecular weight excluding hydrogens is 370 g/mol. The number of pyridine rings is 1. The highest BCUT2D eigenvalue weighted by molar-refractivity contribution is 7.80. The Morgan fingerprint density at radius 1 is 1.11 bits per heavy atom. The van der Waals surface area contributed by atoms with Crippen LogP contribution in [0.15, 0.2) is 65.2 Å². The average Bonchev–Trinajstić information content (AvgIpc) is 3.26. The van der Waals surface area contributed by atoms with Crippen molar-refractivity contribution in [3.63, 3.8) is 0 Å². The molecule has 6 heteroatoms. The zero-order chi connectivity index (χ0) is 19.7. The number of nitrogens with zero attached hydrogens (tertiary/aromatic N) is 2. The van der Waals surface area contributed by atoms with Gasteiger partial charge in [-0.05, 0) is 81.5 Å². The first-order chi connectivity index (χ1) is 13.5. The summed E-state index contributed by atoms with van der Waals surface area (Å²) >= 11 is 5.70. The number of aryl methyl sites for hydroxylation is 1. The van der Waals surface area contributed by atoms with Crippen LogP contribution in [0, 0.1) is 6.92 Å². The summed E-state index contributed by atoms with van der Waals surface area (Å²) in [5, 5.41) is 4.07. The predicted octanol–water partition coefficient (Wildman–Crippen LogP) is 4.95. The van der Waals surface area contributed by atoms with E-state index in [0.29, 0.717) is 5.11 Å². The fraction of sp³-hybridized carbons (Fsp3) is 0.273. The predicted molar refractivity (Wildman–Crippen MR) is 114 cm³/mol. The smallest absolute Gasteiger partial charge is 0.174 e. The lowest BCUT2D eigenvalue weighted by Gasteiger charge is -2.26. The normalized spacial score (nSPS) is 19.1. The van der Waals surface area contributed by atoms with E-state index in [1.165, 1.54) is 0 Å². The first kappa shape index (κ1) is 18.5. The van der Waals surface area contributed by atoms with Crippen LogP contribution < -0.4 is 15.0 Å². The highest BCUT2D eigenvalue weighted by Crippen LogP contribution is 2.42. The number of ether oxygens (including phenoxy) is 1. The lowest BCUT2D eigenvalue weighted by molar-refractivity contribution is 0.242. The van der Waals surface area contributed by atoms with Gasteiger partial charge in [-0.3, -0.25) is 4.98 Å². The monoisotopic (exact) mass is 393 g/mol. The molecule has 2 aromatic heterocycles. The molecule has 0 bridgehead atoms. The third-order valence-electron chi connectivity index (χ3n) is 4.64. The summed E-state index contributed by atoms with van der Waals surface area (Å²) < 4.78 is 11.8. The van der Waals surface area contributed by atoms with Crippen LogP contribution in [0.5, 0.6) is 5.75 Å². The van der Waals surface area contributed by atoms with Crippen molar-refractivity contribution in [1.82, 2.24) is 10.3 Å². The maximum absolute atomic E-state index is 6.00. The molecule has 1 N–H and O–H groups in total. The maximum atomic E-state index is 6.00. The van der Waals surface area contributed by atoms with Crippen molar-refractivity contribution in [2.45, 2.75) is 39.0 Å². The van der Waals surface area contributed by atoms with E-state index in [2.05, 4.69) is 15.2 Å². The van der Waals surface area contributed by atoms with Crippen molar-refractivity contribution in [3.05, 3.63) is 78.0 Å². The minimum absolute atomic E-state index is 0.106. The molecule has 0 unspecified atom stereocenters. The molecule has 0 saturated carbocycles. The van der Waals surface area contributed by atoms with E-state index in [4.69, 9.17) is 21.4 Å². The van der Waals surface area contributed by atoms with Gasteiger partial charge in [-0.25, -0.2) is 0 Å². The molecule has 1 aliphatic heterocycles. The second-order valence-electron chi connectivity index (χ2n) is 7.11. The third kappa shape index (κ3) is 3.60. The summed E-state index contributed by atoms with van der Waals surface area (Å²) in [6, 6.07) is 17.6. The molecular formula is C22H23N3O2S. The molecule has 3 aromatic rings. The van der Waals surface area contributed by atoms with Gasteiger partial charge in [-0.1, -0.05) is 6.07 Å². The van der Waals surface area contributed by atoms with Crippen LogP contribution in [0.1, 0.15) is 43.1 Å². The van der Waals surface area contributed by atoms with Crippen LogP contribution in [0.4, 0.5) is 5.69 Å². The quantitative estimate of drug-likeness (QED) is 0.619. The summed E-state index contributed by atoms with van der Waals surface area (Å²) in [6.07, 6.45) is 1.93. The Morgan fingerprint density at radius 3 is 2.50 bits per heavy atom. The molecule has 0 amide bonds. The van der Waals surface area contributed by atoms with E-state index in [1.54, 1.807) is 6.20 Å². The van der Waals surface area contributed by atoms with Gasteiger partial charge in [0.15, 0.2) is 5.11 Å². The fourth-order valence-corrected chi connectivity index (χ4v) is 3.84. The maximum Gasteiger partial charge on any atom is 0.174 e. The molecule has 144 valence electrons. The number of rotatable bonds is 5. The van der Waals surface area contributed by atoms with Crippen LogP contribution >= 0.6 is 12.2 Å². The zero-order valence-corrected chi connectivity index (χ0v) is 16.9. The van der Waals surface area contributed by atoms with Crippen LogP contribution in [-0.2, 0) is 0 Å². The van der Waals surface area contributed by atoms with Crippen molar-refractivity contribution in [1.29, 1.82) is 0 Å². The van der Waals surface area contributed by atoms with E-state index in [-0.39, 0.29) is 18.2 Å². The van der Waals surface area contributed by atoms with Crippen molar-refractivity contribution < 1.29 is 9.15 Å². The molecule has 1 aliphatic rings. The standard InChI is InChI=1S/C22H23N3O2S/c1-14(2)26-17-10-8-16(9-11-17)25-21(19-12-7-15(3)27-19)20(24-22(25)28)18-6-4-5-13-23-18/h4-14,20-21H,1-3H3,(H,24,28)/t20-,21-/m0/s1. The minimum atomic E-state index is -0.132. The van der Waals surface area contributed by atoms with Crippen LogP contribution in [0.25, 0.3) is 0 Å². The van der Waals surface area contributed by atoms with Gasteiger partial charge in [-0.2, -0.15) is 0 Å². The molecule has 1 fully saturated rings. The molecule has 0 aliphatic carbocycles. The Bertz CT molecular complexity index is 953. The second kappa shape index (κ2) is 7.64. The van der Waals surface area contributed by atoms with Crippen molar-refractivity contribution in [2.24, 2.45) is 0 Å². The number of hydrogen-bond donors (Lipinski definition) is 1. The molecule has 28 heavy (non-hydrogen) atoms. The number of aromatic nitrogens is 1. The number of anilines is 1. The van der Waals surface area contributed by atoms with Gasteiger partial charge in [-0.15, -0.1) is 0 Å². The van der Waals surface area contributed by atoms with E-state index in [0.717, 1.165) is 28.7 Å². The van der Waals surface area contributed by atoms with Gasteiger partial charge < -0.3 is 19.4 Å². The number of hydrogen-bond acceptors (Lipinski definition) is 4. The molecule has 5 nitrogen and oxygen atoms in total. The average molecular weight is 394 g/mol. The number of furan rings is 1. The van der Waals surface area contributed by atoms with E-state index < -0.39 is 0 Å². The number of benzene rings is 1. The molecule has 0 radical (unpaired) electrons. The summed E-state index contributed by atoms with van der Waals surface area (Å²) in [5.74, 6) is 2.56. The fourth-order valence-electron chi connectivity index (χ4n) is 3.49. The number of thiocarbonyl (C=S) groups is 1. The molecule has 1 aromatic carbocycles. The Labute approximate surface area is 170 Å². The second-order valence-corrected chi connectivity index (χ2v) is 7.49. The Hall–Kier alpha value is -2.86. The molecule has 3 heterocycles. The third-order valence-corrected chi connectivity index (χ3v) is 4.95. The highest BCUT2D eigenvalue weighted by atomic mass is 32.1. The van der Waals surface area contributed by atoms with Crippen molar-refractivity contribution in [2.75, 3.05) is 4.90 Å². The summed E-state index contributed by atoms with van der Waals surface area (Å²) in [7, 11) is 0. The first-order valence-electron chi connectivity index (χ1n) is 9.36. The topological polar surface area (TPSA) is 50.5 Å². The largest absolute Gasteiger partial charge is 0.491 e. The van der Waals surface area contributed by atoms with Crippen molar-refractivity contribution in [3.8, 4) is 5.75 Å². The summed E-state index contributed by atoms with van der Waals surface area (Å²) in [5.41, 5.74) is 1.90. The highest BCUT2D eigenvalue weighted by Gasteiger charge is 2.42. The lowest BCUT2D eigenvalue weighted by Crippen LogP contribution is -2.29. The van der Waals surface area contributed by atoms with Gasteiger partial charge in [0.25, 0.3) is 0 Å². The van der Waals surface area contributed by atoms with Gasteiger partial charge >= 0.3 is 0 Å². The molecule has 2 atom stereocenters. The van der Waals surface area contributed by atoms with Gasteiger partial charge in [0.1, 0.15) is 23.3 Å². The Morgan fingerprint density at radius 2 is 1.89 bits per heavy atom. The van der Waals surface area contributed by atoms with E-state index in [1.807, 2.05) is 75.4 Å². The molecule has 4 rings (SSSR count). The van der Waals surface area contributed by atoms with Gasteiger partial charge in [0.05, 0.1) is 17.8 Å². The van der Waals surface area contributed by atoms with Crippen LogP contribution in [0.2, 0.25) is 0 Å². The summed E-state index contributed by atoms with van der Waals surface area (Å²) in [4.78, 5) is 6.63. The summed E-state index contributed by atoms with van der Waals surface area (Å²) in [6.45, 7) is 5.97. The lowest BCUT2D eigenvalue weighted by atomic mass is 10.0. The minimum Gasteiger partial charge on any atom is -0.491 e. The first-order valence-corrected chi connectivity index (χ1v) is 9.77. The number of nitrogens with one attached hydrogen (secondary N) is 1. The molecule has 1 saturated heterocycles. The van der Waals surface area contributed by atoms with Crippen LogP contribution in [-0.4, -0.2) is 16.2 Å². The van der Waals surface area contributed by atoms with Crippen LogP contribution in [0.3, 0.4) is 0 Å². The Balaban J connectivity index is 1.73. The zero-order valence-electron chi connectivity index (χ0n) is 16.1. The molecule has 0 spiro atoms. The SMILES string of the molecule is Cc1ccc([C@H]2[C@H](c3ccccn3)NC(=S)N2c2ccc(OC(C)C)cc2)o1.